The van der Waals surface area contributed by atoms with E-state index in [9.17, 15) is 18.8 Å². The van der Waals surface area contributed by atoms with Crippen molar-refractivity contribution in [1.82, 2.24) is 0 Å². The molecule has 0 radical (unpaired) electrons. The molecule has 0 aliphatic rings. The maximum Gasteiger partial charge on any atom is 0.336 e. The molecule has 0 amide bonds. The minimum absolute atomic E-state index is 0.0724. The Morgan fingerprint density at radius 1 is 0.864 bits per heavy atom. The number of halogens is 1. The highest BCUT2D eigenvalue weighted by atomic mass is 19.1. The standard InChI is InChI=1S/C16H11FO5/c17-10-6-4-9(5-7-10)14(18)8-13-11(15(19)20)2-1-3-12(13)16(21)22/h1-7H,8H2,(H,19,20)(H,21,22). The summed E-state index contributed by atoms with van der Waals surface area (Å²) in [5.74, 6) is -3.63. The second-order valence-electron chi connectivity index (χ2n) is 4.55. The monoisotopic (exact) mass is 302 g/mol. The summed E-state index contributed by atoms with van der Waals surface area (Å²) in [5, 5.41) is 18.3. The lowest BCUT2D eigenvalue weighted by Gasteiger charge is -2.09. The highest BCUT2D eigenvalue weighted by molar-refractivity contribution is 6.03. The highest BCUT2D eigenvalue weighted by Gasteiger charge is 2.21. The van der Waals surface area contributed by atoms with Gasteiger partial charge in [-0.2, -0.15) is 0 Å². The quantitative estimate of drug-likeness (QED) is 0.828. The summed E-state index contributed by atoms with van der Waals surface area (Å²) in [7, 11) is 0. The second kappa shape index (κ2) is 6.17. The Morgan fingerprint density at radius 2 is 1.36 bits per heavy atom. The third kappa shape index (κ3) is 3.17. The maximum atomic E-state index is 12.9. The van der Waals surface area contributed by atoms with Crippen molar-refractivity contribution in [3.8, 4) is 0 Å². The van der Waals surface area contributed by atoms with Gasteiger partial charge in [0.05, 0.1) is 11.1 Å². The zero-order valence-corrected chi connectivity index (χ0v) is 11.2. The van der Waals surface area contributed by atoms with Gasteiger partial charge in [0.15, 0.2) is 5.78 Å². The first kappa shape index (κ1) is 15.4. The van der Waals surface area contributed by atoms with Crippen molar-refractivity contribution in [3.63, 3.8) is 0 Å². The van der Waals surface area contributed by atoms with Crippen LogP contribution in [0.5, 0.6) is 0 Å². The Labute approximate surface area is 124 Å². The first-order valence-corrected chi connectivity index (χ1v) is 6.27. The van der Waals surface area contributed by atoms with Gasteiger partial charge in [0.1, 0.15) is 5.82 Å². The molecule has 22 heavy (non-hydrogen) atoms. The van der Waals surface area contributed by atoms with Gasteiger partial charge in [-0.25, -0.2) is 14.0 Å². The van der Waals surface area contributed by atoms with Gasteiger partial charge in [-0.15, -0.1) is 0 Å². The van der Waals surface area contributed by atoms with Gasteiger partial charge >= 0.3 is 11.9 Å². The number of ketones is 1. The van der Waals surface area contributed by atoms with Crippen LogP contribution in [-0.4, -0.2) is 27.9 Å². The second-order valence-corrected chi connectivity index (χ2v) is 4.55. The van der Waals surface area contributed by atoms with Gasteiger partial charge < -0.3 is 10.2 Å². The Hall–Kier alpha value is -3.02. The van der Waals surface area contributed by atoms with Crippen LogP contribution in [0, 0.1) is 5.82 Å². The number of aromatic carboxylic acids is 2. The number of carbonyl (C=O) groups excluding carboxylic acids is 1. The van der Waals surface area contributed by atoms with Gasteiger partial charge in [-0.05, 0) is 42.0 Å². The molecule has 112 valence electrons. The fourth-order valence-corrected chi connectivity index (χ4v) is 2.08. The largest absolute Gasteiger partial charge is 0.478 e. The molecule has 0 saturated heterocycles. The normalized spacial score (nSPS) is 10.2. The topological polar surface area (TPSA) is 91.7 Å². The van der Waals surface area contributed by atoms with E-state index in [1.54, 1.807) is 0 Å². The summed E-state index contributed by atoms with van der Waals surface area (Å²) in [6.45, 7) is 0. The molecule has 2 aromatic rings. The van der Waals surface area contributed by atoms with E-state index in [4.69, 9.17) is 10.2 Å². The zero-order chi connectivity index (χ0) is 16.3. The molecule has 0 aliphatic carbocycles. The van der Waals surface area contributed by atoms with Crippen molar-refractivity contribution in [3.05, 3.63) is 70.5 Å². The molecule has 0 aliphatic heterocycles. The minimum Gasteiger partial charge on any atom is -0.478 e. The van der Waals surface area contributed by atoms with Gasteiger partial charge in [0, 0.05) is 12.0 Å². The lowest BCUT2D eigenvalue weighted by Crippen LogP contribution is -2.14. The molecule has 0 saturated carbocycles. The van der Waals surface area contributed by atoms with Crippen LogP contribution in [0.4, 0.5) is 4.39 Å². The minimum atomic E-state index is -1.31. The summed E-state index contributed by atoms with van der Waals surface area (Å²) >= 11 is 0. The van der Waals surface area contributed by atoms with Crippen molar-refractivity contribution in [2.24, 2.45) is 0 Å². The number of carboxylic acid groups (broad SMARTS) is 2. The predicted octanol–water partition coefficient (Wildman–Crippen LogP) is 2.65. The molecule has 0 heterocycles. The summed E-state index contributed by atoms with van der Waals surface area (Å²) in [6.07, 6.45) is -0.393. The molecule has 0 aromatic heterocycles. The van der Waals surface area contributed by atoms with E-state index < -0.39 is 30.0 Å². The number of hydrogen-bond acceptors (Lipinski definition) is 3. The van der Waals surface area contributed by atoms with Crippen LogP contribution in [0.15, 0.2) is 42.5 Å². The van der Waals surface area contributed by atoms with Crippen molar-refractivity contribution in [2.75, 3.05) is 0 Å². The van der Waals surface area contributed by atoms with E-state index in [2.05, 4.69) is 0 Å². The van der Waals surface area contributed by atoms with Crippen LogP contribution in [0.3, 0.4) is 0 Å². The molecule has 5 nitrogen and oxygen atoms in total. The molecule has 0 fully saturated rings. The summed E-state index contributed by atoms with van der Waals surface area (Å²) in [5.41, 5.74) is -0.375. The van der Waals surface area contributed by atoms with E-state index in [1.165, 1.54) is 30.3 Å². The average molecular weight is 302 g/mol. The Kier molecular flexibility index (Phi) is 4.31. The van der Waals surface area contributed by atoms with Crippen LogP contribution in [0.1, 0.15) is 36.6 Å². The van der Waals surface area contributed by atoms with Gasteiger partial charge in [0.2, 0.25) is 0 Å². The van der Waals surface area contributed by atoms with Gasteiger partial charge in [-0.1, -0.05) is 6.07 Å². The number of benzene rings is 2. The van der Waals surface area contributed by atoms with E-state index >= 15 is 0 Å². The summed E-state index contributed by atoms with van der Waals surface area (Å²) in [4.78, 5) is 34.6. The molecule has 0 bridgehead atoms. The average Bonchev–Trinajstić information content (AvgIpc) is 2.47. The van der Waals surface area contributed by atoms with Crippen molar-refractivity contribution >= 4 is 17.7 Å². The third-order valence-electron chi connectivity index (χ3n) is 3.14. The third-order valence-corrected chi connectivity index (χ3v) is 3.14. The Balaban J connectivity index is 2.43. The van der Waals surface area contributed by atoms with Crippen LogP contribution in [0.25, 0.3) is 0 Å². The van der Waals surface area contributed by atoms with Crippen molar-refractivity contribution < 1.29 is 29.0 Å². The molecule has 0 atom stereocenters. The number of carbonyl (C=O) groups is 3. The molecule has 2 rings (SSSR count). The maximum absolute atomic E-state index is 12.9. The van der Waals surface area contributed by atoms with Gasteiger partial charge in [0.25, 0.3) is 0 Å². The smallest absolute Gasteiger partial charge is 0.336 e. The Bertz CT molecular complexity index is 717. The van der Waals surface area contributed by atoms with E-state index in [0.29, 0.717) is 0 Å². The number of hydrogen-bond donors (Lipinski definition) is 2. The molecule has 0 unspecified atom stereocenters. The SMILES string of the molecule is O=C(Cc1c(C(=O)O)cccc1C(=O)O)c1ccc(F)cc1. The molecule has 2 aromatic carbocycles. The lowest BCUT2D eigenvalue weighted by atomic mass is 9.94. The lowest BCUT2D eigenvalue weighted by molar-refractivity contribution is 0.0696. The van der Waals surface area contributed by atoms with Gasteiger partial charge in [-0.3, -0.25) is 4.79 Å². The first-order valence-electron chi connectivity index (χ1n) is 6.27. The highest BCUT2D eigenvalue weighted by Crippen LogP contribution is 2.18. The molecule has 2 N–H and O–H groups in total. The fraction of sp³-hybridized carbons (Fsp3) is 0.0625. The molecular formula is C16H11FO5. The van der Waals surface area contributed by atoms with Crippen LogP contribution < -0.4 is 0 Å². The van der Waals surface area contributed by atoms with Crippen LogP contribution in [0.2, 0.25) is 0 Å². The number of rotatable bonds is 5. The molecular weight excluding hydrogens is 291 g/mol. The molecule has 0 spiro atoms. The Morgan fingerprint density at radius 3 is 1.82 bits per heavy atom. The fourth-order valence-electron chi connectivity index (χ4n) is 2.08. The molecule has 6 heteroatoms. The summed E-state index contributed by atoms with van der Waals surface area (Å²) < 4.78 is 12.9. The number of carboxylic acids is 2. The van der Waals surface area contributed by atoms with Crippen molar-refractivity contribution in [2.45, 2.75) is 6.42 Å². The van der Waals surface area contributed by atoms with Crippen molar-refractivity contribution in [1.29, 1.82) is 0 Å². The van der Waals surface area contributed by atoms with Crippen LogP contribution in [-0.2, 0) is 6.42 Å². The first-order chi connectivity index (χ1) is 10.4. The van der Waals surface area contributed by atoms with Crippen LogP contribution >= 0.6 is 0 Å². The number of Topliss-reactive ketones (excluding diaryl/α,β-unsaturated/α-hetero) is 1. The van der Waals surface area contributed by atoms with E-state index in [1.807, 2.05) is 0 Å². The van der Waals surface area contributed by atoms with E-state index in [0.717, 1.165) is 12.1 Å². The predicted molar refractivity (Wildman–Crippen MR) is 74.8 cm³/mol. The van der Waals surface area contributed by atoms with E-state index in [-0.39, 0.29) is 22.3 Å². The summed E-state index contributed by atoms with van der Waals surface area (Å²) in [6, 6.07) is 8.52. The zero-order valence-electron chi connectivity index (χ0n) is 11.2.